The van der Waals surface area contributed by atoms with Crippen LogP contribution in [0.25, 0.3) is 0 Å². The molecule has 0 bridgehead atoms. The molecule has 1 saturated heterocycles. The summed E-state index contributed by atoms with van der Waals surface area (Å²) in [6.07, 6.45) is 2.57. The van der Waals surface area contributed by atoms with Gasteiger partial charge in [0.25, 0.3) is 5.91 Å². The van der Waals surface area contributed by atoms with Crippen molar-refractivity contribution in [3.8, 4) is 11.5 Å². The first-order valence-electron chi connectivity index (χ1n) is 9.20. The fraction of sp³-hybridized carbons (Fsp3) is 0.526. The lowest BCUT2D eigenvalue weighted by atomic mass is 9.89. The summed E-state index contributed by atoms with van der Waals surface area (Å²) in [7, 11) is 0. The first-order chi connectivity index (χ1) is 12.7. The number of carbonyl (C=O) groups excluding carboxylic acids is 1. The number of benzene rings is 1. The molecule has 7 nitrogen and oxygen atoms in total. The number of likely N-dealkylation sites (tertiary alicyclic amines) is 1. The van der Waals surface area contributed by atoms with Gasteiger partial charge in [0, 0.05) is 24.6 Å². The summed E-state index contributed by atoms with van der Waals surface area (Å²) in [6.45, 7) is 5.80. The van der Waals surface area contributed by atoms with Crippen LogP contribution >= 0.6 is 0 Å². The minimum absolute atomic E-state index is 0.00499. The number of hydrogen-bond donors (Lipinski definition) is 0. The van der Waals surface area contributed by atoms with Crippen molar-refractivity contribution in [2.24, 2.45) is 0 Å². The van der Waals surface area contributed by atoms with Gasteiger partial charge < -0.3 is 18.8 Å². The molecule has 4 rings (SSSR count). The van der Waals surface area contributed by atoms with Gasteiger partial charge in [-0.15, -0.1) is 10.2 Å². The lowest BCUT2D eigenvalue weighted by molar-refractivity contribution is 0.0581. The second kappa shape index (κ2) is 6.97. The van der Waals surface area contributed by atoms with Crippen LogP contribution in [0.15, 0.2) is 22.6 Å². The van der Waals surface area contributed by atoms with Gasteiger partial charge in [0.1, 0.15) is 13.2 Å². The van der Waals surface area contributed by atoms with Gasteiger partial charge in [-0.3, -0.25) is 4.79 Å². The van der Waals surface area contributed by atoms with Crippen LogP contribution in [-0.2, 0) is 6.42 Å². The van der Waals surface area contributed by atoms with Crippen LogP contribution in [-0.4, -0.2) is 46.8 Å². The molecule has 138 valence electrons. The molecule has 0 aliphatic carbocycles. The number of aryl methyl sites for hydroxylation is 1. The number of piperidine rings is 1. The van der Waals surface area contributed by atoms with E-state index in [1.165, 1.54) is 0 Å². The summed E-state index contributed by atoms with van der Waals surface area (Å²) >= 11 is 0. The van der Waals surface area contributed by atoms with Gasteiger partial charge >= 0.3 is 0 Å². The molecule has 7 heteroatoms. The van der Waals surface area contributed by atoms with Crippen molar-refractivity contribution in [3.63, 3.8) is 0 Å². The Morgan fingerprint density at radius 2 is 2.04 bits per heavy atom. The van der Waals surface area contributed by atoms with E-state index in [9.17, 15) is 4.79 Å². The van der Waals surface area contributed by atoms with E-state index in [1.807, 2.05) is 11.8 Å². The molecule has 0 saturated carbocycles. The summed E-state index contributed by atoms with van der Waals surface area (Å²) in [5.74, 6) is 2.66. The number of hydrogen-bond acceptors (Lipinski definition) is 6. The molecule has 0 spiro atoms. The molecule has 0 radical (unpaired) electrons. The maximum Gasteiger partial charge on any atom is 0.254 e. The van der Waals surface area contributed by atoms with Crippen LogP contribution in [0.1, 0.15) is 54.7 Å². The quantitative estimate of drug-likeness (QED) is 0.841. The molecule has 1 amide bonds. The zero-order chi connectivity index (χ0) is 18.1. The van der Waals surface area contributed by atoms with Crippen molar-refractivity contribution in [3.05, 3.63) is 35.5 Å². The lowest BCUT2D eigenvalue weighted by Gasteiger charge is -2.38. The number of rotatable bonds is 3. The highest BCUT2D eigenvalue weighted by molar-refractivity contribution is 5.95. The highest BCUT2D eigenvalue weighted by Gasteiger charge is 2.35. The van der Waals surface area contributed by atoms with E-state index >= 15 is 0 Å². The van der Waals surface area contributed by atoms with Gasteiger partial charge in [0.2, 0.25) is 11.8 Å². The molecule has 2 aliphatic heterocycles. The van der Waals surface area contributed by atoms with E-state index in [1.54, 1.807) is 18.2 Å². The van der Waals surface area contributed by atoms with Crippen molar-refractivity contribution in [1.29, 1.82) is 0 Å². The molecule has 26 heavy (non-hydrogen) atoms. The van der Waals surface area contributed by atoms with Crippen LogP contribution in [0.2, 0.25) is 0 Å². The van der Waals surface area contributed by atoms with Gasteiger partial charge in [-0.2, -0.15) is 0 Å². The first kappa shape index (κ1) is 16.9. The van der Waals surface area contributed by atoms with Crippen LogP contribution in [0.5, 0.6) is 11.5 Å². The molecule has 0 N–H and O–H groups in total. The summed E-state index contributed by atoms with van der Waals surface area (Å²) in [4.78, 5) is 15.0. The third-order valence-corrected chi connectivity index (χ3v) is 5.14. The molecule has 1 aromatic carbocycles. The standard InChI is InChI=1S/C19H23N3O4/c1-3-17-20-21-18(26-17)14-5-4-8-22(12(14)2)19(23)13-6-7-15-16(11-13)25-10-9-24-15/h6-7,11-12,14H,3-5,8-10H2,1-2H3/t12-,14-/m0/s1. The van der Waals surface area contributed by atoms with E-state index in [0.717, 1.165) is 19.4 Å². The minimum Gasteiger partial charge on any atom is -0.486 e. The van der Waals surface area contributed by atoms with Gasteiger partial charge in [-0.05, 0) is 38.0 Å². The second-order valence-corrected chi connectivity index (χ2v) is 6.73. The molecule has 2 atom stereocenters. The van der Waals surface area contributed by atoms with Crippen molar-refractivity contribution in [2.75, 3.05) is 19.8 Å². The van der Waals surface area contributed by atoms with E-state index < -0.39 is 0 Å². The Morgan fingerprint density at radius 3 is 2.81 bits per heavy atom. The normalized spacial score (nSPS) is 22.3. The summed E-state index contributed by atoms with van der Waals surface area (Å²) in [5.41, 5.74) is 0.613. The van der Waals surface area contributed by atoms with Gasteiger partial charge in [-0.1, -0.05) is 6.92 Å². The number of aromatic nitrogens is 2. The molecular weight excluding hydrogens is 334 g/mol. The van der Waals surface area contributed by atoms with Crippen molar-refractivity contribution in [1.82, 2.24) is 15.1 Å². The fourth-order valence-corrected chi connectivity index (χ4v) is 3.66. The Balaban J connectivity index is 1.55. The Morgan fingerprint density at radius 1 is 1.23 bits per heavy atom. The SMILES string of the molecule is CCc1nnc([C@H]2CCCN(C(=O)c3ccc4c(c3)OCCO4)[C@H]2C)o1. The van der Waals surface area contributed by atoms with Crippen molar-refractivity contribution < 1.29 is 18.7 Å². The topological polar surface area (TPSA) is 77.7 Å². The Kier molecular flexibility index (Phi) is 4.53. The largest absolute Gasteiger partial charge is 0.486 e. The van der Waals surface area contributed by atoms with Crippen molar-refractivity contribution in [2.45, 2.75) is 45.1 Å². The van der Waals surface area contributed by atoms with Gasteiger partial charge in [0.15, 0.2) is 11.5 Å². The minimum atomic E-state index is -0.00518. The second-order valence-electron chi connectivity index (χ2n) is 6.73. The van der Waals surface area contributed by atoms with E-state index in [2.05, 4.69) is 17.1 Å². The number of nitrogens with zero attached hydrogens (tertiary/aromatic N) is 3. The molecular formula is C19H23N3O4. The Bertz CT molecular complexity index is 804. The number of ether oxygens (including phenoxy) is 2. The highest BCUT2D eigenvalue weighted by Crippen LogP contribution is 2.35. The summed E-state index contributed by atoms with van der Waals surface area (Å²) in [5, 5.41) is 8.26. The summed E-state index contributed by atoms with van der Waals surface area (Å²) < 4.78 is 16.9. The highest BCUT2D eigenvalue weighted by atomic mass is 16.6. The smallest absolute Gasteiger partial charge is 0.254 e. The predicted molar refractivity (Wildman–Crippen MR) is 93.6 cm³/mol. The number of fused-ring (bicyclic) bond motifs is 1. The van der Waals surface area contributed by atoms with E-state index in [-0.39, 0.29) is 17.9 Å². The molecule has 1 aromatic heterocycles. The Labute approximate surface area is 152 Å². The zero-order valence-electron chi connectivity index (χ0n) is 15.1. The molecule has 3 heterocycles. The lowest BCUT2D eigenvalue weighted by Crippen LogP contribution is -2.46. The Hall–Kier alpha value is -2.57. The maximum atomic E-state index is 13.1. The van der Waals surface area contributed by atoms with Crippen LogP contribution in [0.3, 0.4) is 0 Å². The summed E-state index contributed by atoms with van der Waals surface area (Å²) in [6, 6.07) is 5.37. The van der Waals surface area contributed by atoms with Crippen LogP contribution < -0.4 is 9.47 Å². The number of carbonyl (C=O) groups is 1. The maximum absolute atomic E-state index is 13.1. The molecule has 2 aliphatic rings. The predicted octanol–water partition coefficient (Wildman–Crippen LogP) is 2.81. The number of amides is 1. The third-order valence-electron chi connectivity index (χ3n) is 5.14. The molecule has 2 aromatic rings. The van der Waals surface area contributed by atoms with Crippen LogP contribution in [0, 0.1) is 0 Å². The third kappa shape index (κ3) is 3.02. The van der Waals surface area contributed by atoms with Crippen molar-refractivity contribution >= 4 is 5.91 Å². The zero-order valence-corrected chi connectivity index (χ0v) is 15.1. The average Bonchev–Trinajstić information content (AvgIpc) is 3.16. The first-order valence-corrected chi connectivity index (χ1v) is 9.20. The van der Waals surface area contributed by atoms with E-state index in [0.29, 0.717) is 48.5 Å². The van der Waals surface area contributed by atoms with Gasteiger partial charge in [-0.25, -0.2) is 0 Å². The fourth-order valence-electron chi connectivity index (χ4n) is 3.66. The molecule has 1 fully saturated rings. The molecule has 0 unspecified atom stereocenters. The van der Waals surface area contributed by atoms with Crippen LogP contribution in [0.4, 0.5) is 0 Å². The average molecular weight is 357 g/mol. The monoisotopic (exact) mass is 357 g/mol. The van der Waals surface area contributed by atoms with Gasteiger partial charge in [0.05, 0.1) is 5.92 Å². The van der Waals surface area contributed by atoms with E-state index in [4.69, 9.17) is 13.9 Å².